The van der Waals surface area contributed by atoms with E-state index in [1.54, 1.807) is 18.3 Å². The first-order valence-electron chi connectivity index (χ1n) is 10.3. The summed E-state index contributed by atoms with van der Waals surface area (Å²) in [6.45, 7) is 2.70. The van der Waals surface area contributed by atoms with Crippen LogP contribution in [0.15, 0.2) is 35.5 Å². The zero-order valence-corrected chi connectivity index (χ0v) is 17.5. The summed E-state index contributed by atoms with van der Waals surface area (Å²) in [5.74, 6) is 1.07. The molecule has 2 aliphatic carbocycles. The number of sulfonamides is 1. The number of aromatic nitrogens is 2. The number of carbonyl (C=O) groups is 1. The molecule has 1 heterocycles. The number of carbonyl (C=O) groups excluding carboxylic acids is 1. The van der Waals surface area contributed by atoms with Gasteiger partial charge in [-0.05, 0) is 55.9 Å². The molecule has 0 bridgehead atoms. The monoisotopic (exact) mass is 416 g/mol. The van der Waals surface area contributed by atoms with Gasteiger partial charge in [0.25, 0.3) is 0 Å². The molecule has 29 heavy (non-hydrogen) atoms. The van der Waals surface area contributed by atoms with E-state index in [1.165, 1.54) is 0 Å². The van der Waals surface area contributed by atoms with Gasteiger partial charge >= 0.3 is 0 Å². The van der Waals surface area contributed by atoms with Gasteiger partial charge in [0.2, 0.25) is 15.9 Å². The first kappa shape index (κ1) is 20.1. The maximum atomic E-state index is 12.8. The fraction of sp³-hybridized carbons (Fsp3) is 0.524. The Balaban J connectivity index is 1.43. The molecule has 7 nitrogen and oxygen atoms in total. The largest absolute Gasteiger partial charge is 0.349 e. The highest BCUT2D eigenvalue weighted by atomic mass is 32.2. The summed E-state index contributed by atoms with van der Waals surface area (Å²) in [7, 11) is -3.61. The van der Waals surface area contributed by atoms with E-state index >= 15 is 0 Å². The van der Waals surface area contributed by atoms with E-state index < -0.39 is 10.0 Å². The summed E-state index contributed by atoms with van der Waals surface area (Å²) in [6, 6.07) is 5.17. The van der Waals surface area contributed by atoms with Crippen LogP contribution in [0, 0.1) is 12.8 Å². The average molecular weight is 417 g/mol. The number of fused-ring (bicyclic) bond motifs is 1. The van der Waals surface area contributed by atoms with Crippen LogP contribution in [-0.2, 0) is 27.8 Å². The second-order valence-electron chi connectivity index (χ2n) is 8.01. The van der Waals surface area contributed by atoms with Crippen molar-refractivity contribution in [1.82, 2.24) is 19.6 Å². The summed E-state index contributed by atoms with van der Waals surface area (Å²) in [5, 5.41) is 3.16. The molecule has 0 radical (unpaired) electrons. The molecule has 2 aliphatic rings. The third kappa shape index (κ3) is 4.38. The van der Waals surface area contributed by atoms with Crippen LogP contribution in [0.3, 0.4) is 0 Å². The van der Waals surface area contributed by atoms with Crippen LogP contribution < -0.4 is 10.0 Å². The van der Waals surface area contributed by atoms with E-state index in [0.717, 1.165) is 55.5 Å². The molecular weight excluding hydrogens is 388 g/mol. The zero-order chi connectivity index (χ0) is 20.4. The lowest BCUT2D eigenvalue weighted by Gasteiger charge is -2.18. The third-order valence-corrected chi connectivity index (χ3v) is 7.57. The first-order chi connectivity index (χ1) is 13.9. The van der Waals surface area contributed by atoms with Crippen LogP contribution in [0.2, 0.25) is 0 Å². The summed E-state index contributed by atoms with van der Waals surface area (Å²) >= 11 is 0. The lowest BCUT2D eigenvalue weighted by Crippen LogP contribution is -2.32. The topological polar surface area (TPSA) is 93.1 Å². The molecule has 0 spiro atoms. The Bertz CT molecular complexity index is 993. The molecule has 156 valence electrons. The van der Waals surface area contributed by atoms with E-state index in [4.69, 9.17) is 0 Å². The second-order valence-corrected chi connectivity index (χ2v) is 9.77. The Morgan fingerprint density at radius 1 is 1.24 bits per heavy atom. The Hall–Kier alpha value is -2.19. The lowest BCUT2D eigenvalue weighted by atomic mass is 10.0. The molecule has 0 aliphatic heterocycles. The Morgan fingerprint density at radius 3 is 2.76 bits per heavy atom. The lowest BCUT2D eigenvalue weighted by molar-refractivity contribution is -0.125. The van der Waals surface area contributed by atoms with E-state index in [1.807, 2.05) is 23.8 Å². The maximum absolute atomic E-state index is 12.8. The number of amides is 1. The number of hydrogen-bond acceptors (Lipinski definition) is 4. The van der Waals surface area contributed by atoms with Crippen LogP contribution in [0.4, 0.5) is 0 Å². The van der Waals surface area contributed by atoms with Gasteiger partial charge in [-0.2, -0.15) is 0 Å². The molecule has 1 aromatic carbocycles. The van der Waals surface area contributed by atoms with Crippen LogP contribution in [-0.4, -0.2) is 30.4 Å². The number of nitrogens with one attached hydrogen (secondary N) is 2. The van der Waals surface area contributed by atoms with E-state index in [9.17, 15) is 13.2 Å². The molecule has 2 N–H and O–H groups in total. The van der Waals surface area contributed by atoms with Crippen LogP contribution in [0.25, 0.3) is 0 Å². The van der Waals surface area contributed by atoms with E-state index in [-0.39, 0.29) is 22.8 Å². The molecule has 0 saturated heterocycles. The van der Waals surface area contributed by atoms with Crippen molar-refractivity contribution in [3.8, 4) is 0 Å². The zero-order valence-electron chi connectivity index (χ0n) is 16.7. The molecular formula is C21H28N4O3S. The van der Waals surface area contributed by atoms with Crippen molar-refractivity contribution in [3.63, 3.8) is 0 Å². The smallest absolute Gasteiger partial charge is 0.240 e. The van der Waals surface area contributed by atoms with Crippen molar-refractivity contribution >= 4 is 15.9 Å². The fourth-order valence-corrected chi connectivity index (χ4v) is 5.45. The normalized spacial score (nSPS) is 19.4. The number of aryl methyl sites for hydroxylation is 2. The van der Waals surface area contributed by atoms with Gasteiger partial charge in [-0.1, -0.05) is 18.9 Å². The minimum Gasteiger partial charge on any atom is -0.349 e. The van der Waals surface area contributed by atoms with Crippen molar-refractivity contribution in [2.24, 2.45) is 5.92 Å². The highest BCUT2D eigenvalue weighted by Crippen LogP contribution is 2.34. The summed E-state index contributed by atoms with van der Waals surface area (Å²) in [4.78, 5) is 16.9. The number of imidazole rings is 1. The fourth-order valence-electron chi connectivity index (χ4n) is 4.40. The van der Waals surface area contributed by atoms with Crippen molar-refractivity contribution in [2.45, 2.75) is 62.9 Å². The van der Waals surface area contributed by atoms with Gasteiger partial charge in [0.05, 0.1) is 10.9 Å². The predicted molar refractivity (Wildman–Crippen MR) is 110 cm³/mol. The quantitative estimate of drug-likeness (QED) is 0.725. The number of nitrogens with zero attached hydrogens (tertiary/aromatic N) is 2. The summed E-state index contributed by atoms with van der Waals surface area (Å²) in [5.41, 5.74) is 2.05. The van der Waals surface area contributed by atoms with Crippen LogP contribution in [0.5, 0.6) is 0 Å². The third-order valence-electron chi connectivity index (χ3n) is 6.12. The number of hydrogen-bond donors (Lipinski definition) is 2. The van der Waals surface area contributed by atoms with Crippen molar-refractivity contribution < 1.29 is 13.2 Å². The first-order valence-corrected chi connectivity index (χ1v) is 11.8. The minimum absolute atomic E-state index is 0.0955. The molecule has 1 fully saturated rings. The average Bonchev–Trinajstić information content (AvgIpc) is 3.44. The molecule has 8 heteroatoms. The Kier molecular flexibility index (Phi) is 5.74. The van der Waals surface area contributed by atoms with Crippen LogP contribution in [0.1, 0.15) is 55.1 Å². The molecule has 1 aromatic heterocycles. The second kappa shape index (κ2) is 8.28. The van der Waals surface area contributed by atoms with Crippen molar-refractivity contribution in [2.75, 3.05) is 6.54 Å². The summed E-state index contributed by atoms with van der Waals surface area (Å²) in [6.07, 6.45) is 9.36. The number of rotatable bonds is 7. The number of benzene rings is 1. The molecule has 1 amide bonds. The maximum Gasteiger partial charge on any atom is 0.240 e. The van der Waals surface area contributed by atoms with Gasteiger partial charge < -0.3 is 9.88 Å². The van der Waals surface area contributed by atoms with Crippen LogP contribution >= 0.6 is 0 Å². The highest BCUT2D eigenvalue weighted by Gasteiger charge is 2.29. The Morgan fingerprint density at radius 2 is 2.03 bits per heavy atom. The van der Waals surface area contributed by atoms with Gasteiger partial charge in [-0.25, -0.2) is 18.1 Å². The van der Waals surface area contributed by atoms with Gasteiger partial charge in [0.15, 0.2) is 0 Å². The van der Waals surface area contributed by atoms with Gasteiger partial charge in [-0.3, -0.25) is 4.79 Å². The SMILES string of the molecule is Cc1nccn1CCNS(=O)(=O)c1ccc2c(c1)C(NC(=O)C1CCCC1)CC2. The molecule has 1 atom stereocenters. The van der Waals surface area contributed by atoms with Crippen molar-refractivity contribution in [3.05, 3.63) is 47.5 Å². The van der Waals surface area contributed by atoms with E-state index in [2.05, 4.69) is 15.0 Å². The molecule has 4 rings (SSSR count). The highest BCUT2D eigenvalue weighted by molar-refractivity contribution is 7.89. The van der Waals surface area contributed by atoms with E-state index in [0.29, 0.717) is 13.1 Å². The van der Waals surface area contributed by atoms with Gasteiger partial charge in [0.1, 0.15) is 5.82 Å². The predicted octanol–water partition coefficient (Wildman–Crippen LogP) is 2.46. The minimum atomic E-state index is -3.61. The van der Waals surface area contributed by atoms with Gasteiger partial charge in [-0.15, -0.1) is 0 Å². The molecule has 2 aromatic rings. The molecule has 1 unspecified atom stereocenters. The molecule has 1 saturated carbocycles. The van der Waals surface area contributed by atoms with Gasteiger partial charge in [0, 0.05) is 31.4 Å². The summed E-state index contributed by atoms with van der Waals surface area (Å²) < 4.78 is 30.1. The standard InChI is InChI=1S/C21H28N4O3S/c1-15-22-10-12-25(15)13-11-23-29(27,28)18-8-6-16-7-9-20(19(16)14-18)24-21(26)17-4-2-3-5-17/h6,8,10,12,14,17,20,23H,2-5,7,9,11,13H2,1H3,(H,24,26). The van der Waals surface area contributed by atoms with Crippen molar-refractivity contribution in [1.29, 1.82) is 0 Å². The Labute approximate surface area is 172 Å².